The first-order valence-corrected chi connectivity index (χ1v) is 7.32. The summed E-state index contributed by atoms with van der Waals surface area (Å²) >= 11 is 0. The van der Waals surface area contributed by atoms with Crippen molar-refractivity contribution in [2.24, 2.45) is 5.92 Å². The van der Waals surface area contributed by atoms with Gasteiger partial charge in [0.15, 0.2) is 0 Å². The molecule has 0 bridgehead atoms. The Kier molecular flexibility index (Phi) is 4.06. The number of fused-ring (bicyclic) bond motifs is 1. The van der Waals surface area contributed by atoms with E-state index in [4.69, 9.17) is 4.74 Å². The van der Waals surface area contributed by atoms with Gasteiger partial charge in [0.1, 0.15) is 5.75 Å². The van der Waals surface area contributed by atoms with Gasteiger partial charge in [0, 0.05) is 18.5 Å². The van der Waals surface area contributed by atoms with Gasteiger partial charge in [-0.3, -0.25) is 4.79 Å². The summed E-state index contributed by atoms with van der Waals surface area (Å²) in [5.74, 6) is 0.180. The van der Waals surface area contributed by atoms with Gasteiger partial charge in [0.05, 0.1) is 12.2 Å². The summed E-state index contributed by atoms with van der Waals surface area (Å²) in [7, 11) is 0. The fourth-order valence-corrected chi connectivity index (χ4v) is 2.74. The van der Waals surface area contributed by atoms with E-state index in [1.807, 2.05) is 30.3 Å². The number of benzene rings is 2. The van der Waals surface area contributed by atoms with E-state index in [0.29, 0.717) is 30.0 Å². The minimum atomic E-state index is -0.233. The van der Waals surface area contributed by atoms with Crippen LogP contribution in [-0.4, -0.2) is 30.8 Å². The highest BCUT2D eigenvalue weighted by Gasteiger charge is 2.17. The molecule has 4 nitrogen and oxygen atoms in total. The first-order valence-electron chi connectivity index (χ1n) is 7.32. The Morgan fingerprint density at radius 1 is 1.29 bits per heavy atom. The summed E-state index contributed by atoms with van der Waals surface area (Å²) in [5, 5.41) is 14.8. The molecule has 1 amide bonds. The predicted octanol–water partition coefficient (Wildman–Crippen LogP) is 2.70. The first kappa shape index (κ1) is 13.9. The normalized spacial score (nSPS) is 18.6. The van der Waals surface area contributed by atoms with Gasteiger partial charge in [0.25, 0.3) is 5.91 Å². The average molecular weight is 285 g/mol. The van der Waals surface area contributed by atoms with Crippen LogP contribution in [0.4, 0.5) is 0 Å². The highest BCUT2D eigenvalue weighted by Crippen LogP contribution is 2.28. The Labute approximate surface area is 123 Å². The van der Waals surface area contributed by atoms with Gasteiger partial charge in [-0.05, 0) is 30.2 Å². The standard InChI is InChI=1S/C17H19NO3/c19-16-14-6-2-1-5-13(14)7-8-15(16)17(20)18-10-12-4-3-9-21-11-12/h1-2,5-8,12,19H,3-4,9-11H2,(H,18,20). The van der Waals surface area contributed by atoms with E-state index in [9.17, 15) is 9.90 Å². The molecule has 3 rings (SSSR count). The Morgan fingerprint density at radius 3 is 2.95 bits per heavy atom. The molecule has 2 aromatic rings. The van der Waals surface area contributed by atoms with Gasteiger partial charge < -0.3 is 15.2 Å². The molecule has 1 heterocycles. The van der Waals surface area contributed by atoms with Crippen molar-refractivity contribution in [3.8, 4) is 5.75 Å². The molecule has 0 aromatic heterocycles. The van der Waals surface area contributed by atoms with Gasteiger partial charge in [-0.25, -0.2) is 0 Å². The lowest BCUT2D eigenvalue weighted by atomic mass is 10.0. The van der Waals surface area contributed by atoms with Crippen molar-refractivity contribution >= 4 is 16.7 Å². The molecular weight excluding hydrogens is 266 g/mol. The molecule has 1 saturated heterocycles. The average Bonchev–Trinajstić information content (AvgIpc) is 2.54. The second-order valence-electron chi connectivity index (χ2n) is 5.48. The van der Waals surface area contributed by atoms with Crippen molar-refractivity contribution in [3.63, 3.8) is 0 Å². The van der Waals surface area contributed by atoms with Crippen molar-refractivity contribution in [2.45, 2.75) is 12.8 Å². The Bertz CT molecular complexity index is 648. The first-order chi connectivity index (χ1) is 10.3. The van der Waals surface area contributed by atoms with Crippen LogP contribution in [0, 0.1) is 5.92 Å². The molecule has 1 unspecified atom stereocenters. The van der Waals surface area contributed by atoms with E-state index in [0.717, 1.165) is 24.8 Å². The van der Waals surface area contributed by atoms with E-state index in [1.54, 1.807) is 6.07 Å². The molecule has 0 spiro atoms. The van der Waals surface area contributed by atoms with E-state index in [1.165, 1.54) is 0 Å². The molecule has 0 aliphatic carbocycles. The summed E-state index contributed by atoms with van der Waals surface area (Å²) in [6.07, 6.45) is 2.12. The maximum atomic E-state index is 12.2. The predicted molar refractivity (Wildman–Crippen MR) is 81.5 cm³/mol. The van der Waals surface area contributed by atoms with Crippen molar-refractivity contribution in [3.05, 3.63) is 42.0 Å². The molecule has 0 saturated carbocycles. The van der Waals surface area contributed by atoms with Crippen molar-refractivity contribution < 1.29 is 14.6 Å². The number of hydrogen-bond donors (Lipinski definition) is 2. The van der Waals surface area contributed by atoms with E-state index in [-0.39, 0.29) is 11.7 Å². The van der Waals surface area contributed by atoms with Crippen molar-refractivity contribution in [1.29, 1.82) is 0 Å². The van der Waals surface area contributed by atoms with Crippen LogP contribution in [0.1, 0.15) is 23.2 Å². The topological polar surface area (TPSA) is 58.6 Å². The third-order valence-corrected chi connectivity index (χ3v) is 3.95. The molecule has 0 radical (unpaired) electrons. The molecule has 4 heteroatoms. The maximum Gasteiger partial charge on any atom is 0.255 e. The Balaban J connectivity index is 1.73. The monoisotopic (exact) mass is 285 g/mol. The second-order valence-corrected chi connectivity index (χ2v) is 5.48. The van der Waals surface area contributed by atoms with Crippen LogP contribution in [-0.2, 0) is 4.74 Å². The summed E-state index contributed by atoms with van der Waals surface area (Å²) in [6.45, 7) is 2.10. The van der Waals surface area contributed by atoms with Crippen LogP contribution < -0.4 is 5.32 Å². The summed E-state index contributed by atoms with van der Waals surface area (Å²) < 4.78 is 5.40. The van der Waals surface area contributed by atoms with Crippen LogP contribution in [0.25, 0.3) is 10.8 Å². The van der Waals surface area contributed by atoms with Gasteiger partial charge >= 0.3 is 0 Å². The van der Waals surface area contributed by atoms with Crippen LogP contribution in [0.3, 0.4) is 0 Å². The number of rotatable bonds is 3. The number of ether oxygens (including phenoxy) is 1. The number of carbonyl (C=O) groups is 1. The number of nitrogens with one attached hydrogen (secondary N) is 1. The highest BCUT2D eigenvalue weighted by molar-refractivity contribution is 6.03. The zero-order chi connectivity index (χ0) is 14.7. The van der Waals surface area contributed by atoms with Gasteiger partial charge in [-0.15, -0.1) is 0 Å². The number of aromatic hydroxyl groups is 1. The number of phenols is 1. The van der Waals surface area contributed by atoms with Crippen molar-refractivity contribution in [1.82, 2.24) is 5.32 Å². The molecule has 1 aliphatic heterocycles. The Morgan fingerprint density at radius 2 is 2.14 bits per heavy atom. The molecule has 1 atom stereocenters. The molecule has 2 aromatic carbocycles. The smallest absolute Gasteiger partial charge is 0.255 e. The lowest BCUT2D eigenvalue weighted by Gasteiger charge is -2.22. The van der Waals surface area contributed by atoms with Gasteiger partial charge in [-0.2, -0.15) is 0 Å². The fraction of sp³-hybridized carbons (Fsp3) is 0.353. The minimum Gasteiger partial charge on any atom is -0.506 e. The second kappa shape index (κ2) is 6.14. The number of carbonyl (C=O) groups excluding carboxylic acids is 1. The van der Waals surface area contributed by atoms with Crippen LogP contribution >= 0.6 is 0 Å². The van der Waals surface area contributed by atoms with Gasteiger partial charge in [-0.1, -0.05) is 30.3 Å². The largest absolute Gasteiger partial charge is 0.506 e. The molecule has 1 aliphatic rings. The quantitative estimate of drug-likeness (QED) is 0.911. The molecule has 1 fully saturated rings. The number of phenolic OH excluding ortho intramolecular Hbond substituents is 1. The third-order valence-electron chi connectivity index (χ3n) is 3.95. The van der Waals surface area contributed by atoms with Crippen LogP contribution in [0.5, 0.6) is 5.75 Å². The summed E-state index contributed by atoms with van der Waals surface area (Å²) in [4.78, 5) is 12.2. The van der Waals surface area contributed by atoms with Gasteiger partial charge in [0.2, 0.25) is 0 Å². The minimum absolute atomic E-state index is 0.0468. The zero-order valence-electron chi connectivity index (χ0n) is 11.8. The number of amides is 1. The van der Waals surface area contributed by atoms with E-state index >= 15 is 0 Å². The fourth-order valence-electron chi connectivity index (χ4n) is 2.74. The third kappa shape index (κ3) is 3.00. The number of hydrogen-bond acceptors (Lipinski definition) is 3. The SMILES string of the molecule is O=C(NCC1CCCOC1)c1ccc2ccccc2c1O. The lowest BCUT2D eigenvalue weighted by Crippen LogP contribution is -2.33. The summed E-state index contributed by atoms with van der Waals surface area (Å²) in [6, 6.07) is 11.0. The molecule has 110 valence electrons. The maximum absolute atomic E-state index is 12.2. The lowest BCUT2D eigenvalue weighted by molar-refractivity contribution is 0.0536. The van der Waals surface area contributed by atoms with Crippen LogP contribution in [0.2, 0.25) is 0 Å². The zero-order valence-corrected chi connectivity index (χ0v) is 11.8. The molecule has 2 N–H and O–H groups in total. The molecule has 21 heavy (non-hydrogen) atoms. The van der Waals surface area contributed by atoms with E-state index in [2.05, 4.69) is 5.32 Å². The highest BCUT2D eigenvalue weighted by atomic mass is 16.5. The van der Waals surface area contributed by atoms with Crippen LogP contribution in [0.15, 0.2) is 36.4 Å². The Hall–Kier alpha value is -2.07. The summed E-state index contributed by atoms with van der Waals surface area (Å²) in [5.41, 5.74) is 0.324. The molecular formula is C17H19NO3. The van der Waals surface area contributed by atoms with Crippen molar-refractivity contribution in [2.75, 3.05) is 19.8 Å². The van der Waals surface area contributed by atoms with E-state index < -0.39 is 0 Å².